The van der Waals surface area contributed by atoms with Crippen molar-refractivity contribution in [3.63, 3.8) is 0 Å². The van der Waals surface area contributed by atoms with Gasteiger partial charge in [0.1, 0.15) is 11.7 Å². The van der Waals surface area contributed by atoms with E-state index in [9.17, 15) is 18.0 Å². The van der Waals surface area contributed by atoms with Gasteiger partial charge in [0, 0.05) is 18.4 Å². The number of rotatable bonds is 4. The molecular formula is C22H20N6O4S. The fourth-order valence-corrected chi connectivity index (χ4v) is 4.70. The number of hydrogen-bond acceptors (Lipinski definition) is 6. The van der Waals surface area contributed by atoms with Gasteiger partial charge in [0.2, 0.25) is 0 Å². The molecule has 3 amide bonds. The second kappa shape index (κ2) is 8.07. The number of nitriles is 1. The molecule has 0 spiro atoms. The van der Waals surface area contributed by atoms with Crippen molar-refractivity contribution in [3.8, 4) is 17.3 Å². The molecule has 0 aliphatic carbocycles. The van der Waals surface area contributed by atoms with Crippen LogP contribution in [0.1, 0.15) is 33.2 Å². The van der Waals surface area contributed by atoms with Gasteiger partial charge in [-0.05, 0) is 29.8 Å². The van der Waals surface area contributed by atoms with Crippen LogP contribution in [0.3, 0.4) is 0 Å². The third kappa shape index (κ3) is 3.92. The standard InChI is InChI=1S/C22H20N6O4S/c1-33(31,32)16-4-2-3-15(11-16)18-17(21(24)29)20-19(14-7-5-13(12-23)6-8-14)27(22(25)30)9-10-28(20)26-18/h2-8,11,19H,9-10H2,1H3,(H2,24,29)(H2,25,30). The zero-order valence-corrected chi connectivity index (χ0v) is 18.4. The first-order chi connectivity index (χ1) is 15.6. The largest absolute Gasteiger partial charge is 0.365 e. The minimum atomic E-state index is -3.50. The van der Waals surface area contributed by atoms with Gasteiger partial charge in [0.05, 0.1) is 34.3 Å². The monoisotopic (exact) mass is 464 g/mol. The Hall–Kier alpha value is -4.17. The van der Waals surface area contributed by atoms with Crippen molar-refractivity contribution in [3.05, 3.63) is 70.9 Å². The number of nitrogens with zero attached hydrogens (tertiary/aromatic N) is 4. The average molecular weight is 465 g/mol. The zero-order chi connectivity index (χ0) is 23.9. The number of carbonyl (C=O) groups excluding carboxylic acids is 2. The van der Waals surface area contributed by atoms with Crippen molar-refractivity contribution in [2.75, 3.05) is 12.8 Å². The first-order valence-corrected chi connectivity index (χ1v) is 11.8. The van der Waals surface area contributed by atoms with E-state index in [4.69, 9.17) is 16.7 Å². The van der Waals surface area contributed by atoms with Gasteiger partial charge >= 0.3 is 6.03 Å². The number of primary amides is 2. The van der Waals surface area contributed by atoms with Gasteiger partial charge in [-0.25, -0.2) is 13.2 Å². The molecule has 0 saturated heterocycles. The molecule has 10 nitrogen and oxygen atoms in total. The Morgan fingerprint density at radius 3 is 2.39 bits per heavy atom. The quantitative estimate of drug-likeness (QED) is 0.592. The SMILES string of the molecule is CS(=O)(=O)c1cccc(-c2nn3c(c2C(N)=O)C(c2ccc(C#N)cc2)N(C(N)=O)CC3)c1. The predicted molar refractivity (Wildman–Crippen MR) is 119 cm³/mol. The van der Waals surface area contributed by atoms with Crippen molar-refractivity contribution in [2.45, 2.75) is 17.5 Å². The van der Waals surface area contributed by atoms with Crippen LogP contribution in [0.4, 0.5) is 4.79 Å². The molecule has 2 aromatic carbocycles. The lowest BCUT2D eigenvalue weighted by Crippen LogP contribution is -2.46. The Labute approximate surface area is 189 Å². The van der Waals surface area contributed by atoms with E-state index in [2.05, 4.69) is 5.10 Å². The number of fused-ring (bicyclic) bond motifs is 1. The highest BCUT2D eigenvalue weighted by Crippen LogP contribution is 2.38. The van der Waals surface area contributed by atoms with E-state index in [0.717, 1.165) is 6.26 Å². The van der Waals surface area contributed by atoms with Crippen LogP contribution in [0.2, 0.25) is 0 Å². The number of nitrogens with two attached hydrogens (primary N) is 2. The zero-order valence-electron chi connectivity index (χ0n) is 17.6. The second-order valence-corrected chi connectivity index (χ2v) is 9.68. The van der Waals surface area contributed by atoms with Crippen molar-refractivity contribution in [1.82, 2.24) is 14.7 Å². The Morgan fingerprint density at radius 1 is 1.12 bits per heavy atom. The van der Waals surface area contributed by atoms with Crippen LogP contribution >= 0.6 is 0 Å². The van der Waals surface area contributed by atoms with Crippen LogP contribution in [0, 0.1) is 11.3 Å². The molecule has 0 saturated carbocycles. The maximum Gasteiger partial charge on any atom is 0.315 e. The molecule has 1 aliphatic heterocycles. The molecule has 0 radical (unpaired) electrons. The molecule has 0 bridgehead atoms. The molecule has 1 atom stereocenters. The number of hydrogen-bond donors (Lipinski definition) is 2. The van der Waals surface area contributed by atoms with Gasteiger partial charge in [-0.1, -0.05) is 24.3 Å². The molecule has 1 aliphatic rings. The van der Waals surface area contributed by atoms with Crippen molar-refractivity contribution >= 4 is 21.8 Å². The van der Waals surface area contributed by atoms with Crippen molar-refractivity contribution in [2.24, 2.45) is 11.5 Å². The Kier molecular flexibility index (Phi) is 5.39. The Balaban J connectivity index is 1.97. The lowest BCUT2D eigenvalue weighted by molar-refractivity contribution is 0.0995. The highest BCUT2D eigenvalue weighted by molar-refractivity contribution is 7.90. The molecule has 1 aromatic heterocycles. The minimum absolute atomic E-state index is 0.0703. The van der Waals surface area contributed by atoms with Crippen LogP contribution in [0.15, 0.2) is 53.4 Å². The van der Waals surface area contributed by atoms with Gasteiger partial charge in [-0.15, -0.1) is 0 Å². The van der Waals surface area contributed by atoms with Gasteiger partial charge in [0.15, 0.2) is 9.84 Å². The number of aromatic nitrogens is 2. The lowest BCUT2D eigenvalue weighted by Gasteiger charge is -2.35. The molecule has 3 aromatic rings. The summed E-state index contributed by atoms with van der Waals surface area (Å²) in [7, 11) is -3.50. The summed E-state index contributed by atoms with van der Waals surface area (Å²) in [6.07, 6.45) is 1.09. The summed E-state index contributed by atoms with van der Waals surface area (Å²) < 4.78 is 25.7. The summed E-state index contributed by atoms with van der Waals surface area (Å²) in [5.41, 5.74) is 13.5. The predicted octanol–water partition coefficient (Wildman–Crippen LogP) is 1.41. The summed E-state index contributed by atoms with van der Waals surface area (Å²) >= 11 is 0. The third-order valence-electron chi connectivity index (χ3n) is 5.54. The van der Waals surface area contributed by atoms with E-state index >= 15 is 0 Å². The summed E-state index contributed by atoms with van der Waals surface area (Å²) in [5.74, 6) is -0.777. The molecule has 1 unspecified atom stereocenters. The van der Waals surface area contributed by atoms with Crippen LogP contribution < -0.4 is 11.5 Å². The Bertz CT molecular complexity index is 1420. The fourth-order valence-electron chi connectivity index (χ4n) is 4.04. The molecule has 0 fully saturated rings. The first-order valence-electron chi connectivity index (χ1n) is 9.89. The highest BCUT2D eigenvalue weighted by atomic mass is 32.2. The number of benzene rings is 2. The summed E-state index contributed by atoms with van der Waals surface area (Å²) in [6, 6.07) is 13.2. The van der Waals surface area contributed by atoms with Crippen molar-refractivity contribution < 1.29 is 18.0 Å². The van der Waals surface area contributed by atoms with E-state index in [0.29, 0.717) is 22.4 Å². The van der Waals surface area contributed by atoms with Gasteiger partial charge < -0.3 is 16.4 Å². The molecule has 4 rings (SSSR count). The topological polar surface area (TPSA) is 165 Å². The number of carbonyl (C=O) groups is 2. The summed E-state index contributed by atoms with van der Waals surface area (Å²) in [4.78, 5) is 26.4. The van der Waals surface area contributed by atoms with E-state index in [1.54, 1.807) is 41.1 Å². The normalized spacial score (nSPS) is 15.5. The van der Waals surface area contributed by atoms with E-state index < -0.39 is 27.8 Å². The molecular weight excluding hydrogens is 444 g/mol. The van der Waals surface area contributed by atoms with Gasteiger partial charge in [0.25, 0.3) is 5.91 Å². The fraction of sp³-hybridized carbons (Fsp3) is 0.182. The molecule has 168 valence electrons. The Morgan fingerprint density at radius 2 is 1.82 bits per heavy atom. The average Bonchev–Trinajstić information content (AvgIpc) is 3.18. The van der Waals surface area contributed by atoms with Crippen molar-refractivity contribution in [1.29, 1.82) is 5.26 Å². The number of sulfone groups is 1. The van der Waals surface area contributed by atoms with E-state index in [1.807, 2.05) is 6.07 Å². The summed E-state index contributed by atoms with van der Waals surface area (Å²) in [5, 5.41) is 13.7. The minimum Gasteiger partial charge on any atom is -0.365 e. The maximum atomic E-state index is 12.6. The maximum absolute atomic E-state index is 12.6. The van der Waals surface area contributed by atoms with Crippen LogP contribution in [0.5, 0.6) is 0 Å². The van der Waals surface area contributed by atoms with Gasteiger partial charge in [-0.3, -0.25) is 9.48 Å². The van der Waals surface area contributed by atoms with Crippen LogP contribution in [-0.4, -0.2) is 47.8 Å². The smallest absolute Gasteiger partial charge is 0.315 e. The molecule has 2 heterocycles. The van der Waals surface area contributed by atoms with E-state index in [-0.39, 0.29) is 29.2 Å². The summed E-state index contributed by atoms with van der Waals surface area (Å²) in [6.45, 7) is 0.493. The molecule has 33 heavy (non-hydrogen) atoms. The lowest BCUT2D eigenvalue weighted by atomic mass is 9.94. The molecule has 4 N–H and O–H groups in total. The third-order valence-corrected chi connectivity index (χ3v) is 6.65. The number of urea groups is 1. The van der Waals surface area contributed by atoms with Crippen LogP contribution in [-0.2, 0) is 16.4 Å². The van der Waals surface area contributed by atoms with Crippen LogP contribution in [0.25, 0.3) is 11.3 Å². The highest BCUT2D eigenvalue weighted by Gasteiger charge is 2.38. The molecule has 11 heteroatoms. The first kappa shape index (κ1) is 22.0. The van der Waals surface area contributed by atoms with E-state index in [1.165, 1.54) is 17.0 Å². The number of amides is 3. The van der Waals surface area contributed by atoms with Gasteiger partial charge in [-0.2, -0.15) is 10.4 Å². The second-order valence-electron chi connectivity index (χ2n) is 7.66.